The van der Waals surface area contributed by atoms with Crippen LogP contribution in [0.3, 0.4) is 0 Å². The molecule has 1 aliphatic carbocycles. The lowest BCUT2D eigenvalue weighted by atomic mass is 9.76. The Morgan fingerprint density at radius 2 is 1.63 bits per heavy atom. The highest BCUT2D eigenvalue weighted by Gasteiger charge is 2.42. The highest BCUT2D eigenvalue weighted by atomic mass is 19.3. The molecule has 30 heavy (non-hydrogen) atoms. The van der Waals surface area contributed by atoms with Crippen LogP contribution in [-0.4, -0.2) is 41.4 Å². The van der Waals surface area contributed by atoms with Crippen molar-refractivity contribution in [1.29, 1.82) is 0 Å². The first kappa shape index (κ1) is 24.3. The largest absolute Gasteiger partial charge is 0.444 e. The first-order valence-electron chi connectivity index (χ1n) is 10.8. The second-order valence-electron chi connectivity index (χ2n) is 9.57. The smallest absolute Gasteiger partial charge is 0.410 e. The predicted octanol–water partition coefficient (Wildman–Crippen LogP) is 6.20. The molecule has 2 rings (SSSR count). The van der Waals surface area contributed by atoms with Gasteiger partial charge in [-0.2, -0.15) is 8.78 Å². The Morgan fingerprint density at radius 3 is 2.13 bits per heavy atom. The van der Waals surface area contributed by atoms with Gasteiger partial charge in [-0.25, -0.2) is 4.79 Å². The summed E-state index contributed by atoms with van der Waals surface area (Å²) in [6.45, 7) is 5.70. The summed E-state index contributed by atoms with van der Waals surface area (Å²) < 4.78 is 32.9. The average molecular weight is 424 g/mol. The van der Waals surface area contributed by atoms with Gasteiger partial charge < -0.3 is 9.64 Å². The monoisotopic (exact) mass is 423 g/mol. The lowest BCUT2D eigenvalue weighted by Crippen LogP contribution is -2.49. The van der Waals surface area contributed by atoms with Gasteiger partial charge in [-0.3, -0.25) is 4.79 Å². The van der Waals surface area contributed by atoms with Crippen molar-refractivity contribution in [3.63, 3.8) is 0 Å². The summed E-state index contributed by atoms with van der Waals surface area (Å²) in [4.78, 5) is 25.8. The second kappa shape index (κ2) is 9.88. The molecule has 0 spiro atoms. The maximum absolute atomic E-state index is 13.8. The van der Waals surface area contributed by atoms with Crippen molar-refractivity contribution in [2.75, 3.05) is 7.05 Å². The highest BCUT2D eigenvalue weighted by molar-refractivity contribution is 5.92. The van der Waals surface area contributed by atoms with Crippen LogP contribution in [0, 0.1) is 5.92 Å². The van der Waals surface area contributed by atoms with Crippen molar-refractivity contribution >= 4 is 11.9 Å². The summed E-state index contributed by atoms with van der Waals surface area (Å²) in [5.74, 6) is -3.82. The first-order valence-corrected chi connectivity index (χ1v) is 10.8. The van der Waals surface area contributed by atoms with E-state index in [4.69, 9.17) is 4.74 Å². The van der Waals surface area contributed by atoms with Gasteiger partial charge in [0.05, 0.1) is 6.04 Å². The lowest BCUT2D eigenvalue weighted by molar-refractivity contribution is -0.146. The number of hydrogen-bond acceptors (Lipinski definition) is 3. The fraction of sp³-hybridized carbons (Fsp3) is 0.667. The van der Waals surface area contributed by atoms with Crippen LogP contribution in [0.5, 0.6) is 0 Å². The third-order valence-corrected chi connectivity index (χ3v) is 5.85. The number of likely N-dealkylation sites (N-methyl/N-ethyl adjacent to an activating group) is 1. The summed E-state index contributed by atoms with van der Waals surface area (Å²) in [6.07, 6.45) is 4.22. The van der Waals surface area contributed by atoms with E-state index in [-0.39, 0.29) is 6.42 Å². The van der Waals surface area contributed by atoms with Crippen molar-refractivity contribution in [3.05, 3.63) is 35.9 Å². The molecule has 1 saturated carbocycles. The highest BCUT2D eigenvalue weighted by Crippen LogP contribution is 2.38. The summed E-state index contributed by atoms with van der Waals surface area (Å²) in [5, 5.41) is 0. The van der Waals surface area contributed by atoms with E-state index >= 15 is 0 Å². The quantitative estimate of drug-likeness (QED) is 0.524. The predicted molar refractivity (Wildman–Crippen MR) is 114 cm³/mol. The van der Waals surface area contributed by atoms with Crippen molar-refractivity contribution in [3.8, 4) is 0 Å². The number of nitrogens with zero attached hydrogens (tertiary/aromatic N) is 1. The Hall–Kier alpha value is -1.98. The lowest BCUT2D eigenvalue weighted by Gasteiger charge is -2.33. The fourth-order valence-corrected chi connectivity index (χ4v) is 4.16. The molecular weight excluding hydrogens is 388 g/mol. The molecular formula is C24H35F2NO3. The van der Waals surface area contributed by atoms with Gasteiger partial charge in [-0.05, 0) is 76.7 Å². The number of ketones is 1. The second-order valence-corrected chi connectivity index (χ2v) is 9.57. The first-order chi connectivity index (χ1) is 13.9. The average Bonchev–Trinajstić information content (AvgIpc) is 2.67. The number of ether oxygens (including phenoxy) is 1. The van der Waals surface area contributed by atoms with Crippen LogP contribution in [0.25, 0.3) is 0 Å². The van der Waals surface area contributed by atoms with E-state index in [9.17, 15) is 18.4 Å². The van der Waals surface area contributed by atoms with Crippen LogP contribution in [0.15, 0.2) is 30.3 Å². The van der Waals surface area contributed by atoms with E-state index in [0.717, 1.165) is 30.6 Å². The number of carbonyl (C=O) groups excluding carboxylic acids is 2. The molecule has 1 atom stereocenters. The number of halogens is 2. The zero-order valence-corrected chi connectivity index (χ0v) is 18.8. The molecule has 1 fully saturated rings. The normalized spacial score (nSPS) is 21.0. The van der Waals surface area contributed by atoms with Gasteiger partial charge in [0.2, 0.25) is 5.78 Å². The van der Waals surface area contributed by atoms with Crippen molar-refractivity contribution in [2.24, 2.45) is 5.92 Å². The van der Waals surface area contributed by atoms with Gasteiger partial charge in [-0.15, -0.1) is 0 Å². The van der Waals surface area contributed by atoms with Crippen LogP contribution in [-0.2, 0) is 9.53 Å². The number of hydrogen-bond donors (Lipinski definition) is 0. The molecule has 0 N–H and O–H groups in total. The molecule has 168 valence electrons. The minimum Gasteiger partial charge on any atom is -0.444 e. The topological polar surface area (TPSA) is 46.6 Å². The fourth-order valence-electron chi connectivity index (χ4n) is 4.16. The Bertz CT molecular complexity index is 701. The third kappa shape index (κ3) is 7.06. The number of alkyl halides is 2. The number of Topliss-reactive ketones (excluding diaryl/α,β-unsaturated/α-hetero) is 1. The summed E-state index contributed by atoms with van der Waals surface area (Å²) in [7, 11) is 1.37. The summed E-state index contributed by atoms with van der Waals surface area (Å²) in [5.41, 5.74) is 0.586. The molecule has 4 nitrogen and oxygen atoms in total. The molecule has 6 heteroatoms. The van der Waals surface area contributed by atoms with Crippen LogP contribution < -0.4 is 0 Å². The SMILES string of the molecule is CN(C(=O)OC(C)(C)C)C(CCC1CCC(c2ccccc2)CC1)C(=O)C(C)(F)F. The molecule has 0 saturated heterocycles. The summed E-state index contributed by atoms with van der Waals surface area (Å²) in [6, 6.07) is 9.23. The van der Waals surface area contributed by atoms with Crippen molar-refractivity contribution in [2.45, 2.75) is 89.7 Å². The van der Waals surface area contributed by atoms with E-state index in [1.54, 1.807) is 20.8 Å². The standard InChI is InChI=1S/C24H35F2NO3/c1-23(2,3)30-22(29)27(5)20(21(28)24(4,25)26)16-13-17-11-14-19(15-12-17)18-9-7-6-8-10-18/h6-10,17,19-20H,11-16H2,1-5H3. The minimum atomic E-state index is -3.49. The van der Waals surface area contributed by atoms with E-state index in [0.29, 0.717) is 25.2 Å². The van der Waals surface area contributed by atoms with Gasteiger partial charge in [0.1, 0.15) is 5.60 Å². The minimum absolute atomic E-state index is 0.221. The molecule has 1 aliphatic rings. The molecule has 1 unspecified atom stereocenters. The molecule has 0 aliphatic heterocycles. The van der Waals surface area contributed by atoms with Gasteiger partial charge in [-0.1, -0.05) is 30.3 Å². The Balaban J connectivity index is 1.98. The molecule has 0 heterocycles. The Morgan fingerprint density at radius 1 is 1.07 bits per heavy atom. The number of rotatable bonds is 7. The van der Waals surface area contributed by atoms with E-state index in [1.165, 1.54) is 12.6 Å². The Kier molecular flexibility index (Phi) is 8.00. The number of amides is 1. The van der Waals surface area contributed by atoms with Crippen LogP contribution in [0.2, 0.25) is 0 Å². The van der Waals surface area contributed by atoms with Crippen molar-refractivity contribution < 1.29 is 23.1 Å². The molecule has 0 radical (unpaired) electrons. The molecule has 0 bridgehead atoms. The third-order valence-electron chi connectivity index (χ3n) is 5.85. The van der Waals surface area contributed by atoms with Gasteiger partial charge in [0.25, 0.3) is 0 Å². The van der Waals surface area contributed by atoms with Gasteiger partial charge >= 0.3 is 12.0 Å². The number of benzene rings is 1. The van der Waals surface area contributed by atoms with Crippen molar-refractivity contribution in [1.82, 2.24) is 4.90 Å². The van der Waals surface area contributed by atoms with Crippen LogP contribution >= 0.6 is 0 Å². The van der Waals surface area contributed by atoms with E-state index in [1.807, 2.05) is 6.07 Å². The van der Waals surface area contributed by atoms with Crippen LogP contribution in [0.4, 0.5) is 13.6 Å². The molecule has 1 aromatic carbocycles. The molecule has 0 aromatic heterocycles. The van der Waals surface area contributed by atoms with E-state index in [2.05, 4.69) is 24.3 Å². The maximum Gasteiger partial charge on any atom is 0.410 e. The Labute approximate surface area is 179 Å². The zero-order valence-electron chi connectivity index (χ0n) is 18.8. The van der Waals surface area contributed by atoms with Gasteiger partial charge in [0.15, 0.2) is 0 Å². The van der Waals surface area contributed by atoms with Crippen LogP contribution in [0.1, 0.15) is 77.7 Å². The zero-order chi connectivity index (χ0) is 22.5. The van der Waals surface area contributed by atoms with E-state index < -0.39 is 29.4 Å². The molecule has 1 aromatic rings. The van der Waals surface area contributed by atoms with Gasteiger partial charge in [0, 0.05) is 14.0 Å². The summed E-state index contributed by atoms with van der Waals surface area (Å²) >= 11 is 0. The number of carbonyl (C=O) groups is 2. The maximum atomic E-state index is 13.8. The molecule has 1 amide bonds.